The summed E-state index contributed by atoms with van der Waals surface area (Å²) in [6, 6.07) is 0.467. The molecule has 1 aromatic heterocycles. The van der Waals surface area contributed by atoms with Crippen molar-refractivity contribution in [1.82, 2.24) is 20.2 Å². The third kappa shape index (κ3) is 4.45. The lowest BCUT2D eigenvalue weighted by molar-refractivity contribution is 0.551. The lowest BCUT2D eigenvalue weighted by Crippen LogP contribution is -2.37. The fourth-order valence-electron chi connectivity index (χ4n) is 2.11. The predicted molar refractivity (Wildman–Crippen MR) is 86.0 cm³/mol. The molecule has 6 nitrogen and oxygen atoms in total. The predicted octanol–water partition coefficient (Wildman–Crippen LogP) is 1.39. The van der Waals surface area contributed by atoms with Crippen LogP contribution in [0.25, 0.3) is 0 Å². The van der Waals surface area contributed by atoms with E-state index in [1.54, 1.807) is 11.8 Å². The average molecular weight is 332 g/mol. The monoisotopic (exact) mass is 332 g/mol. The van der Waals surface area contributed by atoms with Gasteiger partial charge in [0, 0.05) is 35.6 Å². The summed E-state index contributed by atoms with van der Waals surface area (Å²) in [4.78, 5) is 0. The Kier molecular flexibility index (Phi) is 5.70. The van der Waals surface area contributed by atoms with Gasteiger partial charge in [-0.15, -0.1) is 0 Å². The first-order valence-corrected chi connectivity index (χ1v) is 10.1. The summed E-state index contributed by atoms with van der Waals surface area (Å²) >= 11 is 1.63. The number of aromatic amines is 1. The second-order valence-electron chi connectivity index (χ2n) is 5.47. The number of aryl methyl sites for hydroxylation is 1. The molecule has 0 bridgehead atoms. The lowest BCUT2D eigenvalue weighted by atomic mass is 10.2. The molecule has 0 radical (unpaired) electrons. The van der Waals surface area contributed by atoms with Crippen LogP contribution in [0, 0.1) is 6.92 Å². The SMILES string of the molecule is CCC(CSC)NS(=O)(=O)c1n[nH]c(C)c1CNC1CC1. The van der Waals surface area contributed by atoms with Crippen molar-refractivity contribution in [3.8, 4) is 0 Å². The van der Waals surface area contributed by atoms with Crippen molar-refractivity contribution in [2.24, 2.45) is 0 Å². The zero-order valence-electron chi connectivity index (χ0n) is 12.8. The van der Waals surface area contributed by atoms with E-state index < -0.39 is 10.0 Å². The molecular formula is C13H24N4O2S2. The summed E-state index contributed by atoms with van der Waals surface area (Å²) in [6.07, 6.45) is 5.07. The molecule has 0 saturated heterocycles. The Bertz CT molecular complexity index is 567. The van der Waals surface area contributed by atoms with Crippen LogP contribution in [0.3, 0.4) is 0 Å². The number of nitrogens with one attached hydrogen (secondary N) is 3. The molecule has 1 saturated carbocycles. The van der Waals surface area contributed by atoms with Crippen LogP contribution in [-0.2, 0) is 16.6 Å². The summed E-state index contributed by atoms with van der Waals surface area (Å²) in [7, 11) is -3.58. The van der Waals surface area contributed by atoms with Crippen molar-refractivity contribution < 1.29 is 8.42 Å². The van der Waals surface area contributed by atoms with Crippen molar-refractivity contribution in [3.05, 3.63) is 11.3 Å². The Morgan fingerprint density at radius 2 is 2.19 bits per heavy atom. The molecule has 1 unspecified atom stereocenters. The van der Waals surface area contributed by atoms with Gasteiger partial charge in [0.05, 0.1) is 0 Å². The molecular weight excluding hydrogens is 308 g/mol. The van der Waals surface area contributed by atoms with Crippen molar-refractivity contribution >= 4 is 21.8 Å². The molecule has 1 aliphatic rings. The summed E-state index contributed by atoms with van der Waals surface area (Å²) < 4.78 is 27.8. The second-order valence-corrected chi connectivity index (χ2v) is 8.01. The quantitative estimate of drug-likeness (QED) is 0.636. The van der Waals surface area contributed by atoms with Crippen molar-refractivity contribution in [3.63, 3.8) is 0 Å². The fraction of sp³-hybridized carbons (Fsp3) is 0.769. The standard InChI is InChI=1S/C13H24N4O2S2/c1-4-10(8-20-3)17-21(18,19)13-12(9(2)15-16-13)7-14-11-5-6-11/h10-11,14,17H,4-8H2,1-3H3,(H,15,16). The molecule has 3 N–H and O–H groups in total. The number of thioether (sulfide) groups is 1. The Hall–Kier alpha value is -0.570. The number of hydrogen-bond acceptors (Lipinski definition) is 5. The molecule has 0 aliphatic heterocycles. The Labute approximate surface area is 130 Å². The smallest absolute Gasteiger partial charge is 0.260 e. The molecule has 0 aromatic carbocycles. The normalized spacial score (nSPS) is 17.1. The van der Waals surface area contributed by atoms with Gasteiger partial charge in [-0.2, -0.15) is 16.9 Å². The molecule has 8 heteroatoms. The maximum Gasteiger partial charge on any atom is 0.260 e. The average Bonchev–Trinajstić information content (AvgIpc) is 3.18. The largest absolute Gasteiger partial charge is 0.310 e. The first-order valence-electron chi connectivity index (χ1n) is 7.26. The highest BCUT2D eigenvalue weighted by Crippen LogP contribution is 2.22. The molecule has 1 aliphatic carbocycles. The van der Waals surface area contributed by atoms with Crippen LogP contribution in [0.1, 0.15) is 37.4 Å². The van der Waals surface area contributed by atoms with Gasteiger partial charge < -0.3 is 5.32 Å². The van der Waals surface area contributed by atoms with Crippen LogP contribution >= 0.6 is 11.8 Å². The summed E-state index contributed by atoms with van der Waals surface area (Å²) in [6.45, 7) is 4.38. The topological polar surface area (TPSA) is 86.9 Å². The second kappa shape index (κ2) is 7.13. The van der Waals surface area contributed by atoms with E-state index in [9.17, 15) is 8.42 Å². The first-order chi connectivity index (χ1) is 9.97. The molecule has 1 atom stereocenters. The molecule has 1 aromatic rings. The molecule has 2 rings (SSSR count). The van der Waals surface area contributed by atoms with Gasteiger partial charge in [0.2, 0.25) is 0 Å². The first kappa shape index (κ1) is 16.8. The maximum atomic E-state index is 12.5. The summed E-state index contributed by atoms with van der Waals surface area (Å²) in [5.41, 5.74) is 1.55. The van der Waals surface area contributed by atoms with E-state index in [0.29, 0.717) is 12.6 Å². The zero-order valence-corrected chi connectivity index (χ0v) is 14.4. The maximum absolute atomic E-state index is 12.5. The molecule has 1 heterocycles. The van der Waals surface area contributed by atoms with Crippen molar-refractivity contribution in [1.29, 1.82) is 0 Å². The van der Waals surface area contributed by atoms with Gasteiger partial charge >= 0.3 is 0 Å². The van der Waals surface area contributed by atoms with Gasteiger partial charge in [-0.3, -0.25) is 5.10 Å². The van der Waals surface area contributed by atoms with Crippen molar-refractivity contribution in [2.45, 2.75) is 56.8 Å². The third-order valence-electron chi connectivity index (χ3n) is 3.62. The highest BCUT2D eigenvalue weighted by atomic mass is 32.2. The minimum atomic E-state index is -3.58. The molecule has 0 spiro atoms. The highest BCUT2D eigenvalue weighted by Gasteiger charge is 2.27. The minimum Gasteiger partial charge on any atom is -0.310 e. The number of hydrogen-bond donors (Lipinski definition) is 3. The number of rotatable bonds is 9. The number of aromatic nitrogens is 2. The van der Waals surface area contributed by atoms with E-state index in [-0.39, 0.29) is 11.1 Å². The van der Waals surface area contributed by atoms with Gasteiger partial charge in [0.25, 0.3) is 10.0 Å². The highest BCUT2D eigenvalue weighted by molar-refractivity contribution is 7.98. The molecule has 120 valence electrons. The fourth-order valence-corrected chi connectivity index (χ4v) is 4.45. The molecule has 1 fully saturated rings. The van der Waals surface area contributed by atoms with Crippen LogP contribution < -0.4 is 10.0 Å². The van der Waals surface area contributed by atoms with E-state index in [2.05, 4.69) is 20.2 Å². The molecule has 0 amide bonds. The van der Waals surface area contributed by atoms with Gasteiger partial charge in [-0.1, -0.05) is 6.92 Å². The van der Waals surface area contributed by atoms with Crippen LogP contribution in [0.2, 0.25) is 0 Å². The Morgan fingerprint density at radius 1 is 1.48 bits per heavy atom. The Morgan fingerprint density at radius 3 is 2.76 bits per heavy atom. The van der Waals surface area contributed by atoms with Crippen molar-refractivity contribution in [2.75, 3.05) is 12.0 Å². The van der Waals surface area contributed by atoms with Crippen LogP contribution in [0.4, 0.5) is 0 Å². The zero-order chi connectivity index (χ0) is 15.5. The summed E-state index contributed by atoms with van der Waals surface area (Å²) in [5, 5.41) is 10.3. The summed E-state index contributed by atoms with van der Waals surface area (Å²) in [5.74, 6) is 0.759. The number of H-pyrrole nitrogens is 1. The van der Waals surface area contributed by atoms with Crippen LogP contribution in [-0.4, -0.2) is 42.7 Å². The Balaban J connectivity index is 2.14. The van der Waals surface area contributed by atoms with E-state index in [4.69, 9.17) is 0 Å². The van der Waals surface area contributed by atoms with E-state index in [0.717, 1.165) is 23.4 Å². The van der Waals surface area contributed by atoms with Crippen LogP contribution in [0.5, 0.6) is 0 Å². The number of sulfonamides is 1. The van der Waals surface area contributed by atoms with Gasteiger partial charge in [-0.25, -0.2) is 13.1 Å². The minimum absolute atomic E-state index is 0.0637. The molecule has 21 heavy (non-hydrogen) atoms. The van der Waals surface area contributed by atoms with Gasteiger partial charge in [0.1, 0.15) is 0 Å². The van der Waals surface area contributed by atoms with Gasteiger partial charge in [0.15, 0.2) is 5.03 Å². The van der Waals surface area contributed by atoms with Gasteiger partial charge in [-0.05, 0) is 32.4 Å². The van der Waals surface area contributed by atoms with E-state index in [1.165, 1.54) is 12.8 Å². The van der Waals surface area contributed by atoms with E-state index >= 15 is 0 Å². The third-order valence-corrected chi connectivity index (χ3v) is 5.84. The van der Waals surface area contributed by atoms with E-state index in [1.807, 2.05) is 20.1 Å². The number of nitrogens with zero attached hydrogens (tertiary/aromatic N) is 1. The lowest BCUT2D eigenvalue weighted by Gasteiger charge is -2.15. The van der Waals surface area contributed by atoms with Crippen LogP contribution in [0.15, 0.2) is 5.03 Å².